The number of rotatable bonds is 9. The van der Waals surface area contributed by atoms with Gasteiger partial charge in [0.25, 0.3) is 5.91 Å². The number of furan rings is 1. The molecule has 29 heavy (non-hydrogen) atoms. The monoisotopic (exact) mass is 416 g/mol. The van der Waals surface area contributed by atoms with Crippen molar-refractivity contribution in [3.63, 3.8) is 0 Å². The number of amides is 1. The third-order valence-corrected chi connectivity index (χ3v) is 5.46. The van der Waals surface area contributed by atoms with E-state index in [4.69, 9.17) is 16.0 Å². The maximum Gasteiger partial charge on any atom is 0.290 e. The predicted octanol–water partition coefficient (Wildman–Crippen LogP) is 4.24. The summed E-state index contributed by atoms with van der Waals surface area (Å²) in [6, 6.07) is 9.41. The molecule has 1 aliphatic heterocycles. The zero-order chi connectivity index (χ0) is 21.0. The second kappa shape index (κ2) is 9.29. The lowest BCUT2D eigenvalue weighted by atomic mass is 9.95. The van der Waals surface area contributed by atoms with E-state index in [0.29, 0.717) is 17.1 Å². The summed E-state index contributed by atoms with van der Waals surface area (Å²) in [7, 11) is 0. The standard InChI is InChI=1S/C22H25ClN2O4/c1-3-24(4-2)11-7-12-25-19(15-8-5-9-16(23)14-15)18(21(27)22(25)28)20(26)17-10-6-13-29-17/h5-6,8-10,13-14,19,27H,3-4,7,11-12H2,1-2H3. The first-order chi connectivity index (χ1) is 14.0. The van der Waals surface area contributed by atoms with Gasteiger partial charge in [0.15, 0.2) is 11.5 Å². The fourth-order valence-electron chi connectivity index (χ4n) is 3.68. The molecule has 2 heterocycles. The van der Waals surface area contributed by atoms with Crippen LogP contribution in [0.5, 0.6) is 0 Å². The zero-order valence-electron chi connectivity index (χ0n) is 16.6. The van der Waals surface area contributed by atoms with E-state index in [1.165, 1.54) is 12.3 Å². The molecule has 7 heteroatoms. The summed E-state index contributed by atoms with van der Waals surface area (Å²) < 4.78 is 5.22. The van der Waals surface area contributed by atoms with Gasteiger partial charge in [0.1, 0.15) is 0 Å². The number of benzene rings is 1. The van der Waals surface area contributed by atoms with Crippen molar-refractivity contribution in [2.45, 2.75) is 26.3 Å². The maximum atomic E-state index is 13.0. The Kier molecular flexibility index (Phi) is 6.77. The molecule has 1 atom stereocenters. The van der Waals surface area contributed by atoms with Crippen LogP contribution in [0.4, 0.5) is 0 Å². The number of hydrogen-bond donors (Lipinski definition) is 1. The lowest BCUT2D eigenvalue weighted by Gasteiger charge is -2.28. The van der Waals surface area contributed by atoms with Crippen LogP contribution in [0, 0.1) is 0 Å². The summed E-state index contributed by atoms with van der Waals surface area (Å²) in [6.45, 7) is 7.26. The summed E-state index contributed by atoms with van der Waals surface area (Å²) in [5.74, 6) is -1.50. The van der Waals surface area contributed by atoms with Crippen molar-refractivity contribution in [3.8, 4) is 0 Å². The number of Topliss-reactive ketones (excluding diaryl/α,β-unsaturated/α-hetero) is 1. The molecule has 1 aliphatic rings. The molecule has 6 nitrogen and oxygen atoms in total. The molecule has 0 radical (unpaired) electrons. The van der Waals surface area contributed by atoms with Gasteiger partial charge in [0.2, 0.25) is 5.78 Å². The molecule has 1 aromatic heterocycles. The minimum Gasteiger partial charge on any atom is -0.503 e. The summed E-state index contributed by atoms with van der Waals surface area (Å²) >= 11 is 6.16. The van der Waals surface area contributed by atoms with Crippen molar-refractivity contribution in [1.29, 1.82) is 0 Å². The van der Waals surface area contributed by atoms with Crippen LogP contribution in [0.25, 0.3) is 0 Å². The SMILES string of the molecule is CCN(CC)CCCN1C(=O)C(O)=C(C(=O)c2ccco2)C1c1cccc(Cl)c1. The van der Waals surface area contributed by atoms with Crippen LogP contribution >= 0.6 is 11.6 Å². The normalized spacial score (nSPS) is 16.9. The van der Waals surface area contributed by atoms with Crippen molar-refractivity contribution >= 4 is 23.3 Å². The average molecular weight is 417 g/mol. The molecule has 1 amide bonds. The van der Waals surface area contributed by atoms with Gasteiger partial charge < -0.3 is 19.3 Å². The molecule has 1 N–H and O–H groups in total. The van der Waals surface area contributed by atoms with Crippen LogP contribution in [0.2, 0.25) is 5.02 Å². The highest BCUT2D eigenvalue weighted by molar-refractivity contribution is 6.30. The number of aliphatic hydroxyl groups excluding tert-OH is 1. The number of aliphatic hydroxyl groups is 1. The number of halogens is 1. The van der Waals surface area contributed by atoms with Crippen LogP contribution in [-0.2, 0) is 4.79 Å². The highest BCUT2D eigenvalue weighted by Crippen LogP contribution is 2.39. The molecular formula is C22H25ClN2O4. The molecule has 0 aliphatic carbocycles. The summed E-state index contributed by atoms with van der Waals surface area (Å²) in [6.07, 6.45) is 2.11. The van der Waals surface area contributed by atoms with Gasteiger partial charge >= 0.3 is 0 Å². The van der Waals surface area contributed by atoms with Gasteiger partial charge in [-0.25, -0.2) is 0 Å². The highest BCUT2D eigenvalue weighted by atomic mass is 35.5. The van der Waals surface area contributed by atoms with Crippen molar-refractivity contribution in [1.82, 2.24) is 9.80 Å². The number of carbonyl (C=O) groups excluding carboxylic acids is 2. The Bertz CT molecular complexity index is 903. The first-order valence-corrected chi connectivity index (χ1v) is 10.2. The quantitative estimate of drug-likeness (QED) is 0.619. The molecule has 1 aromatic carbocycles. The molecular weight excluding hydrogens is 392 g/mol. The van der Waals surface area contributed by atoms with Gasteiger partial charge in [0, 0.05) is 11.6 Å². The van der Waals surface area contributed by atoms with Gasteiger partial charge in [-0.2, -0.15) is 0 Å². The molecule has 0 bridgehead atoms. The molecule has 0 saturated carbocycles. The minimum atomic E-state index is -0.712. The van der Waals surface area contributed by atoms with E-state index in [0.717, 1.165) is 26.1 Å². The minimum absolute atomic E-state index is 0.0232. The van der Waals surface area contributed by atoms with E-state index >= 15 is 0 Å². The third-order valence-electron chi connectivity index (χ3n) is 5.23. The first-order valence-electron chi connectivity index (χ1n) is 9.78. The summed E-state index contributed by atoms with van der Waals surface area (Å²) in [5.41, 5.74) is 0.697. The van der Waals surface area contributed by atoms with Crippen molar-refractivity contribution in [3.05, 3.63) is 70.3 Å². The Labute approximate surface area is 175 Å². The predicted molar refractivity (Wildman–Crippen MR) is 111 cm³/mol. The zero-order valence-corrected chi connectivity index (χ0v) is 17.4. The Morgan fingerprint density at radius 2 is 2.00 bits per heavy atom. The first kappa shape index (κ1) is 21.1. The smallest absolute Gasteiger partial charge is 0.290 e. The van der Waals surface area contributed by atoms with Gasteiger partial charge in [0.05, 0.1) is 17.9 Å². The van der Waals surface area contributed by atoms with Crippen molar-refractivity contribution < 1.29 is 19.1 Å². The molecule has 154 valence electrons. The van der Waals surface area contributed by atoms with Crippen LogP contribution in [0.3, 0.4) is 0 Å². The van der Waals surface area contributed by atoms with E-state index in [1.807, 2.05) is 0 Å². The largest absolute Gasteiger partial charge is 0.503 e. The average Bonchev–Trinajstić information content (AvgIpc) is 3.33. The lowest BCUT2D eigenvalue weighted by Crippen LogP contribution is -2.34. The van der Waals surface area contributed by atoms with Crippen LogP contribution in [0.15, 0.2) is 58.4 Å². The van der Waals surface area contributed by atoms with E-state index in [2.05, 4.69) is 18.7 Å². The third kappa shape index (κ3) is 4.38. The maximum absolute atomic E-state index is 13.0. The topological polar surface area (TPSA) is 74.0 Å². The van der Waals surface area contributed by atoms with Gasteiger partial charge in [-0.15, -0.1) is 0 Å². The van der Waals surface area contributed by atoms with Crippen LogP contribution in [-0.4, -0.2) is 52.8 Å². The van der Waals surface area contributed by atoms with Crippen LogP contribution in [0.1, 0.15) is 42.4 Å². The Hall–Kier alpha value is -2.57. The highest BCUT2D eigenvalue weighted by Gasteiger charge is 2.44. The molecule has 0 fully saturated rings. The fraction of sp³-hybridized carbons (Fsp3) is 0.364. The van der Waals surface area contributed by atoms with E-state index in [-0.39, 0.29) is 11.3 Å². The molecule has 2 aromatic rings. The molecule has 1 unspecified atom stereocenters. The molecule has 0 spiro atoms. The number of nitrogens with zero attached hydrogens (tertiary/aromatic N) is 2. The van der Waals surface area contributed by atoms with Gasteiger partial charge in [-0.05, 0) is 55.9 Å². The van der Waals surface area contributed by atoms with Crippen molar-refractivity contribution in [2.75, 3.05) is 26.2 Å². The van der Waals surface area contributed by atoms with E-state index < -0.39 is 23.5 Å². The Morgan fingerprint density at radius 1 is 1.24 bits per heavy atom. The second-order valence-corrected chi connectivity index (χ2v) is 7.34. The second-order valence-electron chi connectivity index (χ2n) is 6.91. The molecule has 0 saturated heterocycles. The van der Waals surface area contributed by atoms with Crippen LogP contribution < -0.4 is 0 Å². The number of carbonyl (C=O) groups is 2. The Morgan fingerprint density at radius 3 is 2.62 bits per heavy atom. The van der Waals surface area contributed by atoms with Gasteiger partial charge in [-0.1, -0.05) is 37.6 Å². The summed E-state index contributed by atoms with van der Waals surface area (Å²) in [4.78, 5) is 29.7. The van der Waals surface area contributed by atoms with Gasteiger partial charge in [-0.3, -0.25) is 9.59 Å². The number of ketones is 1. The Balaban J connectivity index is 1.94. The summed E-state index contributed by atoms with van der Waals surface area (Å²) in [5, 5.41) is 11.1. The molecule has 3 rings (SSSR count). The van der Waals surface area contributed by atoms with Crippen molar-refractivity contribution in [2.24, 2.45) is 0 Å². The van der Waals surface area contributed by atoms with E-state index in [9.17, 15) is 14.7 Å². The van der Waals surface area contributed by atoms with E-state index in [1.54, 1.807) is 35.2 Å². The lowest BCUT2D eigenvalue weighted by molar-refractivity contribution is -0.129. The number of hydrogen-bond acceptors (Lipinski definition) is 5. The fourth-order valence-corrected chi connectivity index (χ4v) is 3.88.